The lowest BCUT2D eigenvalue weighted by Gasteiger charge is -2.27. The van der Waals surface area contributed by atoms with Crippen molar-refractivity contribution in [2.75, 3.05) is 0 Å². The van der Waals surface area contributed by atoms with Crippen LogP contribution in [0, 0.1) is 13.8 Å². The molecule has 0 amide bonds. The van der Waals surface area contributed by atoms with Crippen LogP contribution in [0.15, 0.2) is 48.7 Å². The fourth-order valence-electron chi connectivity index (χ4n) is 4.35. The second kappa shape index (κ2) is 6.94. The van der Waals surface area contributed by atoms with Crippen LogP contribution in [-0.4, -0.2) is 0 Å². The minimum Gasteiger partial charge on any atom is -0.380 e. The topological polar surface area (TPSA) is 12.0 Å². The zero-order valence-corrected chi connectivity index (χ0v) is 17.0. The SMILES string of the molecule is Cc1cc(C)cc(C2NC=Cc3c2ccc2c(C(C)C)cc(C(F)(F)F)cc32)c1. The molecular formula is C25H24F3N. The normalized spacial score (nSPS) is 16.2. The highest BCUT2D eigenvalue weighted by atomic mass is 19.4. The van der Waals surface area contributed by atoms with E-state index in [0.29, 0.717) is 5.39 Å². The summed E-state index contributed by atoms with van der Waals surface area (Å²) >= 11 is 0. The summed E-state index contributed by atoms with van der Waals surface area (Å²) in [4.78, 5) is 0. The van der Waals surface area contributed by atoms with Crippen LogP contribution in [0.3, 0.4) is 0 Å². The van der Waals surface area contributed by atoms with Crippen molar-refractivity contribution in [1.29, 1.82) is 0 Å². The average Bonchev–Trinajstić information content (AvgIpc) is 2.64. The van der Waals surface area contributed by atoms with Gasteiger partial charge in [-0.1, -0.05) is 55.3 Å². The molecule has 0 spiro atoms. The Balaban J connectivity index is 1.98. The monoisotopic (exact) mass is 395 g/mol. The summed E-state index contributed by atoms with van der Waals surface area (Å²) in [6.45, 7) is 7.98. The van der Waals surface area contributed by atoms with Crippen molar-refractivity contribution < 1.29 is 13.2 Å². The van der Waals surface area contributed by atoms with Gasteiger partial charge in [-0.05, 0) is 77.2 Å². The lowest BCUT2D eigenvalue weighted by Crippen LogP contribution is -2.21. The molecule has 0 saturated carbocycles. The van der Waals surface area contributed by atoms with Crippen molar-refractivity contribution in [3.05, 3.63) is 87.6 Å². The second-order valence-corrected chi connectivity index (χ2v) is 8.24. The highest BCUT2D eigenvalue weighted by Crippen LogP contribution is 2.40. The molecule has 1 aliphatic rings. The quantitative estimate of drug-likeness (QED) is 0.481. The van der Waals surface area contributed by atoms with Gasteiger partial charge in [-0.25, -0.2) is 0 Å². The van der Waals surface area contributed by atoms with Crippen molar-refractivity contribution in [2.24, 2.45) is 0 Å². The van der Waals surface area contributed by atoms with Crippen LogP contribution >= 0.6 is 0 Å². The molecular weight excluding hydrogens is 371 g/mol. The van der Waals surface area contributed by atoms with Crippen LogP contribution in [0.5, 0.6) is 0 Å². The number of hydrogen-bond acceptors (Lipinski definition) is 1. The summed E-state index contributed by atoms with van der Waals surface area (Å²) in [5.74, 6) is -0.00114. The number of benzene rings is 3. The summed E-state index contributed by atoms with van der Waals surface area (Å²) in [6.07, 6.45) is -0.634. The highest BCUT2D eigenvalue weighted by Gasteiger charge is 2.32. The Morgan fingerprint density at radius 3 is 2.21 bits per heavy atom. The predicted molar refractivity (Wildman–Crippen MR) is 113 cm³/mol. The third-order valence-electron chi connectivity index (χ3n) is 5.59. The number of aryl methyl sites for hydroxylation is 2. The van der Waals surface area contributed by atoms with E-state index >= 15 is 0 Å². The molecule has 0 fully saturated rings. The molecule has 1 heterocycles. The largest absolute Gasteiger partial charge is 0.416 e. The second-order valence-electron chi connectivity index (χ2n) is 8.24. The van der Waals surface area contributed by atoms with Crippen molar-refractivity contribution in [1.82, 2.24) is 5.32 Å². The summed E-state index contributed by atoms with van der Waals surface area (Å²) < 4.78 is 40.8. The van der Waals surface area contributed by atoms with E-state index in [1.807, 2.05) is 32.2 Å². The first kappa shape index (κ1) is 19.6. The van der Waals surface area contributed by atoms with Gasteiger partial charge in [-0.3, -0.25) is 0 Å². The Kier molecular flexibility index (Phi) is 4.68. The molecule has 0 aliphatic carbocycles. The van der Waals surface area contributed by atoms with Crippen molar-refractivity contribution in [3.8, 4) is 0 Å². The average molecular weight is 395 g/mol. The number of alkyl halides is 3. The van der Waals surface area contributed by atoms with Gasteiger partial charge in [0.15, 0.2) is 0 Å². The fraction of sp³-hybridized carbons (Fsp3) is 0.280. The molecule has 29 heavy (non-hydrogen) atoms. The predicted octanol–water partition coefficient (Wildman–Crippen LogP) is 7.26. The van der Waals surface area contributed by atoms with E-state index in [1.165, 1.54) is 23.3 Å². The number of fused-ring (bicyclic) bond motifs is 3. The van der Waals surface area contributed by atoms with Gasteiger partial charge in [0, 0.05) is 0 Å². The van der Waals surface area contributed by atoms with Crippen molar-refractivity contribution >= 4 is 16.8 Å². The number of halogens is 3. The van der Waals surface area contributed by atoms with Gasteiger partial charge in [-0.15, -0.1) is 0 Å². The van der Waals surface area contributed by atoms with Gasteiger partial charge in [0.1, 0.15) is 0 Å². The maximum Gasteiger partial charge on any atom is 0.416 e. The summed E-state index contributed by atoms with van der Waals surface area (Å²) in [5.41, 5.74) is 5.45. The molecule has 1 N–H and O–H groups in total. The minimum absolute atomic E-state index is 0.00114. The molecule has 4 heteroatoms. The first-order valence-electron chi connectivity index (χ1n) is 9.83. The zero-order chi connectivity index (χ0) is 20.9. The molecule has 1 unspecified atom stereocenters. The maximum absolute atomic E-state index is 13.6. The molecule has 150 valence electrons. The minimum atomic E-state index is -4.37. The van der Waals surface area contributed by atoms with Crippen LogP contribution < -0.4 is 5.32 Å². The maximum atomic E-state index is 13.6. The van der Waals surface area contributed by atoms with Crippen LogP contribution in [0.4, 0.5) is 13.2 Å². The first-order chi connectivity index (χ1) is 13.6. The summed E-state index contributed by atoms with van der Waals surface area (Å²) in [5, 5.41) is 4.94. The molecule has 1 aliphatic heterocycles. The van der Waals surface area contributed by atoms with E-state index in [-0.39, 0.29) is 12.0 Å². The molecule has 0 bridgehead atoms. The number of rotatable bonds is 2. The van der Waals surface area contributed by atoms with Crippen molar-refractivity contribution in [3.63, 3.8) is 0 Å². The summed E-state index contributed by atoms with van der Waals surface area (Å²) in [6, 6.07) is 12.9. The van der Waals surface area contributed by atoms with Crippen molar-refractivity contribution in [2.45, 2.75) is 45.8 Å². The van der Waals surface area contributed by atoms with E-state index in [9.17, 15) is 13.2 Å². The van der Waals surface area contributed by atoms with Crippen LogP contribution in [-0.2, 0) is 6.18 Å². The molecule has 0 radical (unpaired) electrons. The number of nitrogens with one attached hydrogen (secondary N) is 1. The fourth-order valence-corrected chi connectivity index (χ4v) is 4.35. The Labute approximate surface area is 169 Å². The lowest BCUT2D eigenvalue weighted by atomic mass is 9.85. The van der Waals surface area contributed by atoms with Gasteiger partial charge in [0.25, 0.3) is 0 Å². The Morgan fingerprint density at radius 2 is 1.59 bits per heavy atom. The molecule has 3 aromatic carbocycles. The Bertz CT molecular complexity index is 1100. The zero-order valence-electron chi connectivity index (χ0n) is 17.0. The third kappa shape index (κ3) is 3.52. The van der Waals surface area contributed by atoms with E-state index < -0.39 is 11.7 Å². The molecule has 3 aromatic rings. The smallest absolute Gasteiger partial charge is 0.380 e. The molecule has 1 atom stereocenters. The standard InChI is InChI=1S/C25H24F3N/c1-14(2)22-12-18(25(26,27)28)13-23-19(22)5-6-21-20(23)7-8-29-24(21)17-10-15(3)9-16(4)11-17/h5-14,24,29H,1-4H3. The van der Waals surface area contributed by atoms with Gasteiger partial charge < -0.3 is 5.32 Å². The van der Waals surface area contributed by atoms with E-state index in [1.54, 1.807) is 0 Å². The van der Waals surface area contributed by atoms with E-state index in [0.717, 1.165) is 27.6 Å². The Hall–Kier alpha value is -2.75. The summed E-state index contributed by atoms with van der Waals surface area (Å²) in [7, 11) is 0. The first-order valence-corrected chi connectivity index (χ1v) is 9.83. The number of hydrogen-bond donors (Lipinski definition) is 1. The van der Waals surface area contributed by atoms with Crippen LogP contribution in [0.25, 0.3) is 16.8 Å². The third-order valence-corrected chi connectivity index (χ3v) is 5.59. The highest BCUT2D eigenvalue weighted by molar-refractivity contribution is 5.95. The molecule has 0 aromatic heterocycles. The van der Waals surface area contributed by atoms with Gasteiger partial charge >= 0.3 is 6.18 Å². The van der Waals surface area contributed by atoms with E-state index in [2.05, 4.69) is 43.4 Å². The lowest BCUT2D eigenvalue weighted by molar-refractivity contribution is -0.137. The van der Waals surface area contributed by atoms with Gasteiger partial charge in [0.05, 0.1) is 11.6 Å². The molecule has 4 rings (SSSR count). The van der Waals surface area contributed by atoms with Crippen LogP contribution in [0.2, 0.25) is 0 Å². The Morgan fingerprint density at radius 1 is 0.897 bits per heavy atom. The van der Waals surface area contributed by atoms with Crippen LogP contribution in [0.1, 0.15) is 64.8 Å². The van der Waals surface area contributed by atoms with Gasteiger partial charge in [-0.2, -0.15) is 13.2 Å². The van der Waals surface area contributed by atoms with E-state index in [4.69, 9.17) is 0 Å². The molecule has 0 saturated heterocycles. The molecule has 1 nitrogen and oxygen atoms in total. The van der Waals surface area contributed by atoms with Gasteiger partial charge in [0.2, 0.25) is 0 Å².